The van der Waals surface area contributed by atoms with E-state index in [1.54, 1.807) is 18.7 Å². The summed E-state index contributed by atoms with van der Waals surface area (Å²) >= 11 is 6.07. The number of aryl methyl sites for hydroxylation is 2. The number of hydrogen-bond donors (Lipinski definition) is 0. The Labute approximate surface area is 137 Å². The summed E-state index contributed by atoms with van der Waals surface area (Å²) in [7, 11) is 1.62. The number of alkyl halides is 2. The van der Waals surface area contributed by atoms with Crippen LogP contribution < -0.4 is 0 Å². The molecule has 0 N–H and O–H groups in total. The number of carbonyl (C=O) groups excluding carboxylic acids is 1. The van der Waals surface area contributed by atoms with Crippen LogP contribution in [0.1, 0.15) is 30.4 Å². The highest BCUT2D eigenvalue weighted by Gasteiger charge is 2.18. The third-order valence-corrected chi connectivity index (χ3v) is 3.83. The van der Waals surface area contributed by atoms with Gasteiger partial charge in [0.1, 0.15) is 12.2 Å². The minimum atomic E-state index is -2.65. The van der Waals surface area contributed by atoms with Crippen molar-refractivity contribution in [2.24, 2.45) is 0 Å². The maximum absolute atomic E-state index is 12.6. The molecule has 23 heavy (non-hydrogen) atoms. The van der Waals surface area contributed by atoms with E-state index in [0.717, 1.165) is 5.69 Å². The van der Waals surface area contributed by atoms with Gasteiger partial charge < -0.3 is 4.90 Å². The summed E-state index contributed by atoms with van der Waals surface area (Å²) in [5, 5.41) is 8.36. The van der Waals surface area contributed by atoms with E-state index in [0.29, 0.717) is 17.3 Å². The van der Waals surface area contributed by atoms with Gasteiger partial charge in [0.2, 0.25) is 5.91 Å². The zero-order chi connectivity index (χ0) is 17.1. The number of halogens is 3. The Morgan fingerprint density at radius 3 is 2.70 bits per heavy atom. The van der Waals surface area contributed by atoms with Crippen molar-refractivity contribution in [3.8, 4) is 0 Å². The van der Waals surface area contributed by atoms with Gasteiger partial charge in [-0.25, -0.2) is 8.78 Å². The number of hydrogen-bond acceptors (Lipinski definition) is 3. The first kappa shape index (κ1) is 17.4. The van der Waals surface area contributed by atoms with Crippen LogP contribution in [0.3, 0.4) is 0 Å². The molecule has 0 unspecified atom stereocenters. The molecule has 126 valence electrons. The van der Waals surface area contributed by atoms with Crippen LogP contribution in [0.5, 0.6) is 0 Å². The average Bonchev–Trinajstić information content (AvgIpc) is 3.03. The zero-order valence-electron chi connectivity index (χ0n) is 13.1. The molecular formula is C14H18ClF2N5O. The Bertz CT molecular complexity index is 697. The highest BCUT2D eigenvalue weighted by Crippen LogP contribution is 2.19. The molecule has 0 fully saturated rings. The van der Waals surface area contributed by atoms with Gasteiger partial charge in [-0.1, -0.05) is 11.6 Å². The smallest absolute Gasteiger partial charge is 0.282 e. The minimum Gasteiger partial charge on any atom is -0.338 e. The fourth-order valence-electron chi connectivity index (χ4n) is 2.18. The van der Waals surface area contributed by atoms with Gasteiger partial charge in [0, 0.05) is 19.3 Å². The zero-order valence-corrected chi connectivity index (χ0v) is 13.9. The second-order valence-electron chi connectivity index (χ2n) is 5.17. The summed E-state index contributed by atoms with van der Waals surface area (Å²) < 4.78 is 28.3. The van der Waals surface area contributed by atoms with Gasteiger partial charge in [-0.05, 0) is 19.9 Å². The lowest BCUT2D eigenvalue weighted by Gasteiger charge is -2.18. The molecule has 0 saturated heterocycles. The predicted octanol–water partition coefficient (Wildman–Crippen LogP) is 2.66. The van der Waals surface area contributed by atoms with Crippen molar-refractivity contribution < 1.29 is 13.6 Å². The molecule has 0 bridgehead atoms. The Morgan fingerprint density at radius 2 is 2.13 bits per heavy atom. The molecule has 6 nitrogen and oxygen atoms in total. The predicted molar refractivity (Wildman–Crippen MR) is 81.3 cm³/mol. The number of amides is 1. The van der Waals surface area contributed by atoms with Crippen LogP contribution in [0.2, 0.25) is 5.02 Å². The second-order valence-corrected chi connectivity index (χ2v) is 5.58. The first-order valence-corrected chi connectivity index (χ1v) is 7.47. The maximum Gasteiger partial charge on any atom is 0.282 e. The van der Waals surface area contributed by atoms with Gasteiger partial charge in [-0.15, -0.1) is 0 Å². The van der Waals surface area contributed by atoms with E-state index in [9.17, 15) is 13.6 Å². The maximum atomic E-state index is 12.6. The van der Waals surface area contributed by atoms with E-state index in [2.05, 4.69) is 10.2 Å². The largest absolute Gasteiger partial charge is 0.338 e. The van der Waals surface area contributed by atoms with Crippen molar-refractivity contribution in [2.75, 3.05) is 7.05 Å². The van der Waals surface area contributed by atoms with Crippen LogP contribution in [0.25, 0.3) is 0 Å². The van der Waals surface area contributed by atoms with E-state index in [4.69, 9.17) is 11.6 Å². The first-order valence-electron chi connectivity index (χ1n) is 7.10. The molecule has 0 aliphatic rings. The molecule has 0 aliphatic carbocycles. The molecular weight excluding hydrogens is 328 g/mol. The van der Waals surface area contributed by atoms with Gasteiger partial charge in [-0.3, -0.25) is 14.2 Å². The molecule has 9 heteroatoms. The SMILES string of the molecule is CCn1ncc(Cl)c1CN(C)C(=O)Cn1nc(C(F)F)cc1C. The molecule has 0 radical (unpaired) electrons. The van der Waals surface area contributed by atoms with Crippen molar-refractivity contribution in [2.45, 2.75) is 39.9 Å². The van der Waals surface area contributed by atoms with E-state index >= 15 is 0 Å². The van der Waals surface area contributed by atoms with Crippen LogP contribution >= 0.6 is 11.6 Å². The monoisotopic (exact) mass is 345 g/mol. The van der Waals surface area contributed by atoms with E-state index < -0.39 is 6.43 Å². The van der Waals surface area contributed by atoms with E-state index in [1.807, 2.05) is 6.92 Å². The van der Waals surface area contributed by atoms with E-state index in [-0.39, 0.29) is 24.7 Å². The van der Waals surface area contributed by atoms with Gasteiger partial charge in [0.25, 0.3) is 6.43 Å². The van der Waals surface area contributed by atoms with Crippen LogP contribution in [0.4, 0.5) is 8.78 Å². The molecule has 0 spiro atoms. The van der Waals surface area contributed by atoms with Gasteiger partial charge in [-0.2, -0.15) is 10.2 Å². The summed E-state index contributed by atoms with van der Waals surface area (Å²) in [6, 6.07) is 1.28. The molecule has 2 aromatic rings. The number of nitrogens with zero attached hydrogens (tertiary/aromatic N) is 5. The van der Waals surface area contributed by atoms with Gasteiger partial charge in [0.05, 0.1) is 23.5 Å². The lowest BCUT2D eigenvalue weighted by atomic mass is 10.3. The van der Waals surface area contributed by atoms with Crippen molar-refractivity contribution >= 4 is 17.5 Å². The highest BCUT2D eigenvalue weighted by atomic mass is 35.5. The average molecular weight is 346 g/mol. The van der Waals surface area contributed by atoms with Crippen LogP contribution in [-0.4, -0.2) is 37.4 Å². The molecule has 2 heterocycles. The summed E-state index contributed by atoms with van der Waals surface area (Å²) in [5.74, 6) is -0.253. The molecule has 2 rings (SSSR count). The first-order chi connectivity index (χ1) is 10.8. The topological polar surface area (TPSA) is 56.0 Å². The summed E-state index contributed by atoms with van der Waals surface area (Å²) in [6.45, 7) is 4.38. The molecule has 1 amide bonds. The third kappa shape index (κ3) is 3.87. The lowest BCUT2D eigenvalue weighted by Crippen LogP contribution is -2.31. The highest BCUT2D eigenvalue weighted by molar-refractivity contribution is 6.31. The Hall–Kier alpha value is -1.96. The van der Waals surface area contributed by atoms with Crippen molar-refractivity contribution in [1.82, 2.24) is 24.5 Å². The van der Waals surface area contributed by atoms with Crippen LogP contribution in [0, 0.1) is 6.92 Å². The standard InChI is InChI=1S/C14H18ClF2N5O/c1-4-21-12(10(15)6-18-21)7-20(3)13(23)8-22-9(2)5-11(19-22)14(16)17/h5-6,14H,4,7-8H2,1-3H3. The summed E-state index contributed by atoms with van der Waals surface area (Å²) in [6.07, 6.45) is -1.12. The minimum absolute atomic E-state index is 0.104. The Morgan fingerprint density at radius 1 is 1.43 bits per heavy atom. The summed E-state index contributed by atoms with van der Waals surface area (Å²) in [4.78, 5) is 13.8. The number of rotatable bonds is 6. The van der Waals surface area contributed by atoms with E-state index in [1.165, 1.54) is 21.8 Å². The molecule has 0 aromatic carbocycles. The quantitative estimate of drug-likeness (QED) is 0.808. The van der Waals surface area contributed by atoms with Gasteiger partial charge >= 0.3 is 0 Å². The molecule has 0 aliphatic heterocycles. The van der Waals surface area contributed by atoms with Gasteiger partial charge in [0.15, 0.2) is 0 Å². The van der Waals surface area contributed by atoms with Crippen LogP contribution in [0.15, 0.2) is 12.3 Å². The van der Waals surface area contributed by atoms with Crippen molar-refractivity contribution in [3.63, 3.8) is 0 Å². The fourth-order valence-corrected chi connectivity index (χ4v) is 2.38. The Balaban J connectivity index is 2.07. The fraction of sp³-hybridized carbons (Fsp3) is 0.500. The number of likely N-dealkylation sites (N-methyl/N-ethyl adjacent to an activating group) is 1. The number of carbonyl (C=O) groups is 1. The summed E-state index contributed by atoms with van der Waals surface area (Å²) in [5.41, 5.74) is 0.916. The van der Waals surface area contributed by atoms with Crippen LogP contribution in [-0.2, 0) is 24.4 Å². The molecule has 0 atom stereocenters. The molecule has 2 aromatic heterocycles. The third-order valence-electron chi connectivity index (χ3n) is 3.52. The number of aromatic nitrogens is 4. The lowest BCUT2D eigenvalue weighted by molar-refractivity contribution is -0.131. The van der Waals surface area contributed by atoms with Crippen molar-refractivity contribution in [1.29, 1.82) is 0 Å². The van der Waals surface area contributed by atoms with Crippen molar-refractivity contribution in [3.05, 3.63) is 34.4 Å². The normalized spacial score (nSPS) is 11.3. The molecule has 0 saturated carbocycles. The Kier molecular flexibility index (Phi) is 5.35. The second kappa shape index (κ2) is 7.08.